The topological polar surface area (TPSA) is 92.4 Å². The molecule has 0 saturated heterocycles. The van der Waals surface area contributed by atoms with Crippen LogP contribution in [0.2, 0.25) is 0 Å². The Kier molecular flexibility index (Phi) is 4.07. The summed E-state index contributed by atoms with van der Waals surface area (Å²) in [5.74, 6) is -1.74. The van der Waals surface area contributed by atoms with Crippen molar-refractivity contribution >= 4 is 11.9 Å². The smallest absolute Gasteiger partial charge is 0.334 e. The van der Waals surface area contributed by atoms with Crippen LogP contribution in [0.15, 0.2) is 40.9 Å². The van der Waals surface area contributed by atoms with Crippen LogP contribution in [0.4, 0.5) is 0 Å². The Labute approximate surface area is 121 Å². The van der Waals surface area contributed by atoms with Crippen LogP contribution in [-0.4, -0.2) is 22.1 Å². The Bertz CT molecular complexity index is 651. The molecule has 0 aliphatic heterocycles. The fourth-order valence-corrected chi connectivity index (χ4v) is 2.14. The number of aromatic nitrogens is 1. The van der Waals surface area contributed by atoms with Crippen LogP contribution in [0, 0.1) is 6.92 Å². The van der Waals surface area contributed by atoms with Crippen molar-refractivity contribution in [2.75, 3.05) is 0 Å². The SMILES string of the molecule is CCC(NC(=O)c1cc(C)no1)(C(=O)O)c1ccccc1. The molecule has 0 bridgehead atoms. The fourth-order valence-electron chi connectivity index (χ4n) is 2.14. The van der Waals surface area contributed by atoms with E-state index in [2.05, 4.69) is 10.5 Å². The summed E-state index contributed by atoms with van der Waals surface area (Å²) in [4.78, 5) is 24.0. The van der Waals surface area contributed by atoms with E-state index in [1.54, 1.807) is 44.2 Å². The van der Waals surface area contributed by atoms with Crippen LogP contribution >= 0.6 is 0 Å². The quantitative estimate of drug-likeness (QED) is 0.879. The zero-order valence-electron chi connectivity index (χ0n) is 11.8. The standard InChI is InChI=1S/C15H16N2O4/c1-3-15(14(19)20,11-7-5-4-6-8-11)16-13(18)12-9-10(2)17-21-12/h4-9H,3H2,1-2H3,(H,16,18)(H,19,20). The summed E-state index contributed by atoms with van der Waals surface area (Å²) in [5, 5.41) is 15.8. The molecule has 2 aromatic rings. The molecule has 0 saturated carbocycles. The number of hydrogen-bond donors (Lipinski definition) is 2. The lowest BCUT2D eigenvalue weighted by Gasteiger charge is -2.29. The van der Waals surface area contributed by atoms with Crippen LogP contribution in [0.1, 0.15) is 35.2 Å². The minimum Gasteiger partial charge on any atom is -0.479 e. The Hall–Kier alpha value is -2.63. The molecule has 1 heterocycles. The summed E-state index contributed by atoms with van der Waals surface area (Å²) < 4.78 is 4.88. The number of aryl methyl sites for hydroxylation is 1. The zero-order valence-corrected chi connectivity index (χ0v) is 11.8. The van der Waals surface area contributed by atoms with Gasteiger partial charge in [0, 0.05) is 6.07 Å². The van der Waals surface area contributed by atoms with Crippen LogP contribution < -0.4 is 5.32 Å². The van der Waals surface area contributed by atoms with Crippen molar-refractivity contribution < 1.29 is 19.2 Å². The molecule has 0 fully saturated rings. The zero-order chi connectivity index (χ0) is 15.5. The molecule has 1 aromatic carbocycles. The summed E-state index contributed by atoms with van der Waals surface area (Å²) >= 11 is 0. The lowest BCUT2D eigenvalue weighted by Crippen LogP contribution is -2.51. The molecule has 0 spiro atoms. The second kappa shape index (κ2) is 5.78. The molecule has 1 atom stereocenters. The third-order valence-corrected chi connectivity index (χ3v) is 3.34. The number of nitrogens with zero attached hydrogens (tertiary/aromatic N) is 1. The van der Waals surface area contributed by atoms with Gasteiger partial charge in [0.15, 0.2) is 5.54 Å². The number of amides is 1. The Morgan fingerprint density at radius 1 is 1.33 bits per heavy atom. The summed E-state index contributed by atoms with van der Waals surface area (Å²) in [6, 6.07) is 10.0. The van der Waals surface area contributed by atoms with Gasteiger partial charge in [-0.25, -0.2) is 4.79 Å². The van der Waals surface area contributed by atoms with E-state index >= 15 is 0 Å². The van der Waals surface area contributed by atoms with Gasteiger partial charge < -0.3 is 14.9 Å². The average Bonchev–Trinajstić information content (AvgIpc) is 2.92. The maximum absolute atomic E-state index is 12.2. The van der Waals surface area contributed by atoms with Gasteiger partial charge in [0.05, 0.1) is 5.69 Å². The molecule has 110 valence electrons. The van der Waals surface area contributed by atoms with Crippen LogP contribution in [-0.2, 0) is 10.3 Å². The van der Waals surface area contributed by atoms with Gasteiger partial charge in [-0.2, -0.15) is 0 Å². The van der Waals surface area contributed by atoms with E-state index in [1.807, 2.05) is 0 Å². The predicted octanol–water partition coefficient (Wildman–Crippen LogP) is 2.10. The van der Waals surface area contributed by atoms with Gasteiger partial charge in [0.25, 0.3) is 5.91 Å². The third kappa shape index (κ3) is 2.79. The summed E-state index contributed by atoms with van der Waals surface area (Å²) in [6.45, 7) is 3.38. The number of carboxylic acid groups (broad SMARTS) is 1. The maximum atomic E-state index is 12.2. The molecule has 6 nitrogen and oxygen atoms in total. The number of nitrogens with one attached hydrogen (secondary N) is 1. The van der Waals surface area contributed by atoms with Gasteiger partial charge in [-0.05, 0) is 18.9 Å². The predicted molar refractivity (Wildman–Crippen MR) is 74.8 cm³/mol. The number of benzene rings is 1. The average molecular weight is 288 g/mol. The monoisotopic (exact) mass is 288 g/mol. The molecule has 1 aromatic heterocycles. The molecule has 2 rings (SSSR count). The van der Waals surface area contributed by atoms with Crippen LogP contribution in [0.25, 0.3) is 0 Å². The van der Waals surface area contributed by atoms with Crippen LogP contribution in [0.3, 0.4) is 0 Å². The number of carboxylic acids is 1. The van der Waals surface area contributed by atoms with Gasteiger partial charge in [-0.15, -0.1) is 0 Å². The van der Waals surface area contributed by atoms with Crippen molar-refractivity contribution in [3.8, 4) is 0 Å². The second-order valence-corrected chi connectivity index (χ2v) is 4.72. The molecular weight excluding hydrogens is 272 g/mol. The molecule has 6 heteroatoms. The highest BCUT2D eigenvalue weighted by Crippen LogP contribution is 2.26. The minimum absolute atomic E-state index is 0.0116. The van der Waals surface area contributed by atoms with Gasteiger partial charge in [0.1, 0.15) is 0 Å². The molecule has 1 amide bonds. The maximum Gasteiger partial charge on any atom is 0.334 e. The molecular formula is C15H16N2O4. The number of carbonyl (C=O) groups is 2. The molecule has 21 heavy (non-hydrogen) atoms. The van der Waals surface area contributed by atoms with E-state index in [9.17, 15) is 14.7 Å². The first-order valence-corrected chi connectivity index (χ1v) is 6.54. The largest absolute Gasteiger partial charge is 0.479 e. The van der Waals surface area contributed by atoms with Gasteiger partial charge >= 0.3 is 5.97 Å². The minimum atomic E-state index is -1.50. The fraction of sp³-hybridized carbons (Fsp3) is 0.267. The van der Waals surface area contributed by atoms with Gasteiger partial charge in [0.2, 0.25) is 5.76 Å². The van der Waals surface area contributed by atoms with E-state index in [0.717, 1.165) is 0 Å². The number of hydrogen-bond acceptors (Lipinski definition) is 4. The highest BCUT2D eigenvalue weighted by Gasteiger charge is 2.41. The molecule has 0 radical (unpaired) electrons. The molecule has 2 N–H and O–H groups in total. The highest BCUT2D eigenvalue weighted by atomic mass is 16.5. The Morgan fingerprint density at radius 2 is 2.00 bits per heavy atom. The molecule has 0 aliphatic rings. The van der Waals surface area contributed by atoms with E-state index in [4.69, 9.17) is 4.52 Å². The number of carbonyl (C=O) groups excluding carboxylic acids is 1. The highest BCUT2D eigenvalue weighted by molar-refractivity contribution is 5.96. The summed E-state index contributed by atoms with van der Waals surface area (Å²) in [5.41, 5.74) is -0.444. The Morgan fingerprint density at radius 3 is 2.48 bits per heavy atom. The van der Waals surface area contributed by atoms with Crippen LogP contribution in [0.5, 0.6) is 0 Å². The van der Waals surface area contributed by atoms with Crippen molar-refractivity contribution in [1.82, 2.24) is 10.5 Å². The third-order valence-electron chi connectivity index (χ3n) is 3.34. The summed E-state index contributed by atoms with van der Waals surface area (Å²) in [7, 11) is 0. The van der Waals surface area contributed by atoms with Crippen molar-refractivity contribution in [1.29, 1.82) is 0 Å². The second-order valence-electron chi connectivity index (χ2n) is 4.72. The molecule has 1 unspecified atom stereocenters. The van der Waals surface area contributed by atoms with E-state index in [-0.39, 0.29) is 12.2 Å². The van der Waals surface area contributed by atoms with Crippen molar-refractivity contribution in [2.45, 2.75) is 25.8 Å². The van der Waals surface area contributed by atoms with E-state index < -0.39 is 17.4 Å². The lowest BCUT2D eigenvalue weighted by molar-refractivity contribution is -0.145. The Balaban J connectivity index is 2.38. The van der Waals surface area contributed by atoms with E-state index in [0.29, 0.717) is 11.3 Å². The first-order chi connectivity index (χ1) is 9.99. The van der Waals surface area contributed by atoms with Gasteiger partial charge in [-0.1, -0.05) is 42.4 Å². The first kappa shape index (κ1) is 14.8. The lowest BCUT2D eigenvalue weighted by atomic mass is 9.87. The van der Waals surface area contributed by atoms with Crippen molar-refractivity contribution in [2.24, 2.45) is 0 Å². The van der Waals surface area contributed by atoms with Gasteiger partial charge in [-0.3, -0.25) is 4.79 Å². The number of aliphatic carboxylic acids is 1. The van der Waals surface area contributed by atoms with Crippen molar-refractivity contribution in [3.63, 3.8) is 0 Å². The normalized spacial score (nSPS) is 13.4. The summed E-state index contributed by atoms with van der Waals surface area (Å²) in [6.07, 6.45) is 0.200. The number of rotatable bonds is 5. The molecule has 0 aliphatic carbocycles. The first-order valence-electron chi connectivity index (χ1n) is 6.54. The van der Waals surface area contributed by atoms with E-state index in [1.165, 1.54) is 6.07 Å². The van der Waals surface area contributed by atoms with Crippen molar-refractivity contribution in [3.05, 3.63) is 53.4 Å².